The monoisotopic (exact) mass is 805 g/mol. The average Bonchev–Trinajstić information content (AvgIpc) is 4.02. The summed E-state index contributed by atoms with van der Waals surface area (Å²) >= 11 is 0. The van der Waals surface area contributed by atoms with Crippen molar-refractivity contribution in [3.05, 3.63) is 212 Å². The molecule has 0 bridgehead atoms. The number of aromatic nitrogens is 5. The second-order valence-electron chi connectivity index (χ2n) is 15.9. The minimum atomic E-state index is 0.594. The van der Waals surface area contributed by atoms with Crippen molar-refractivity contribution >= 4 is 65.6 Å². The Bertz CT molecular complexity index is 3810. The summed E-state index contributed by atoms with van der Waals surface area (Å²) in [5.74, 6) is 1.83. The maximum atomic E-state index is 6.72. The average molecular weight is 806 g/mol. The van der Waals surface area contributed by atoms with Gasteiger partial charge in [-0.15, -0.1) is 0 Å². The van der Waals surface area contributed by atoms with E-state index in [0.29, 0.717) is 17.5 Å². The summed E-state index contributed by atoms with van der Waals surface area (Å²) in [6.45, 7) is 0. The quantitative estimate of drug-likeness (QED) is 0.168. The predicted molar refractivity (Wildman–Crippen MR) is 258 cm³/mol. The van der Waals surface area contributed by atoms with Gasteiger partial charge in [-0.05, 0) is 60.7 Å². The molecule has 0 fully saturated rings. The van der Waals surface area contributed by atoms with Gasteiger partial charge < -0.3 is 13.6 Å². The number of para-hydroxylation sites is 5. The summed E-state index contributed by atoms with van der Waals surface area (Å²) < 4.78 is 11.5. The standard InChI is InChI=1S/C57H35N5O/c1-3-17-36(18-4-1)55-58-56(37-19-5-2-6-20-37)60-57(59-55)38-31-33-50(62-49-29-15-10-25-44(49)53-51(62)34-32-43-42-24-11-16-30-52(42)63-54(43)53)45(35-38)41-23-9-14-28-48(41)61-46-26-12-7-21-39(46)40-22-8-13-27-47(40)61/h1-35H. The zero-order chi connectivity index (χ0) is 41.4. The largest absolute Gasteiger partial charge is 0.455 e. The van der Waals surface area contributed by atoms with Crippen LogP contribution in [0.15, 0.2) is 217 Å². The van der Waals surface area contributed by atoms with Crippen molar-refractivity contribution in [3.63, 3.8) is 0 Å². The van der Waals surface area contributed by atoms with E-state index in [0.717, 1.165) is 94.0 Å². The molecule has 0 atom stereocenters. The van der Waals surface area contributed by atoms with E-state index in [1.165, 1.54) is 10.8 Å². The molecule has 6 nitrogen and oxygen atoms in total. The fourth-order valence-corrected chi connectivity index (χ4v) is 9.60. The van der Waals surface area contributed by atoms with E-state index in [9.17, 15) is 0 Å². The molecule has 63 heavy (non-hydrogen) atoms. The molecule has 0 aliphatic carbocycles. The van der Waals surface area contributed by atoms with Gasteiger partial charge in [0.15, 0.2) is 17.5 Å². The smallest absolute Gasteiger partial charge is 0.164 e. The maximum absolute atomic E-state index is 6.72. The van der Waals surface area contributed by atoms with Crippen LogP contribution in [0.2, 0.25) is 0 Å². The molecule has 294 valence electrons. The fraction of sp³-hybridized carbons (Fsp3) is 0. The summed E-state index contributed by atoms with van der Waals surface area (Å²) in [6, 6.07) is 74.5. The van der Waals surface area contributed by atoms with E-state index in [4.69, 9.17) is 19.4 Å². The van der Waals surface area contributed by atoms with Crippen LogP contribution in [0.25, 0.3) is 122 Å². The molecule has 6 heteroatoms. The van der Waals surface area contributed by atoms with E-state index >= 15 is 0 Å². The molecular formula is C57H35N5O. The van der Waals surface area contributed by atoms with Crippen LogP contribution in [0.3, 0.4) is 0 Å². The Morgan fingerprint density at radius 3 is 1.48 bits per heavy atom. The summed E-state index contributed by atoms with van der Waals surface area (Å²) in [5.41, 5.74) is 13.1. The Kier molecular flexibility index (Phi) is 7.80. The van der Waals surface area contributed by atoms with Crippen molar-refractivity contribution in [2.24, 2.45) is 0 Å². The molecule has 0 saturated carbocycles. The normalized spacial score (nSPS) is 11.8. The highest BCUT2D eigenvalue weighted by atomic mass is 16.3. The summed E-state index contributed by atoms with van der Waals surface area (Å²) in [7, 11) is 0. The third-order valence-electron chi connectivity index (χ3n) is 12.4. The maximum Gasteiger partial charge on any atom is 0.164 e. The molecular weight excluding hydrogens is 771 g/mol. The van der Waals surface area contributed by atoms with Crippen molar-refractivity contribution in [1.82, 2.24) is 24.1 Å². The second-order valence-corrected chi connectivity index (χ2v) is 15.9. The summed E-state index contributed by atoms with van der Waals surface area (Å²) in [6.07, 6.45) is 0. The lowest BCUT2D eigenvalue weighted by molar-refractivity contribution is 0.673. The molecule has 0 radical (unpaired) electrons. The lowest BCUT2D eigenvalue weighted by Gasteiger charge is -2.19. The van der Waals surface area contributed by atoms with Crippen LogP contribution in [0, 0.1) is 0 Å². The van der Waals surface area contributed by atoms with Gasteiger partial charge in [-0.2, -0.15) is 0 Å². The highest BCUT2D eigenvalue weighted by molar-refractivity contribution is 6.24. The first-order valence-electron chi connectivity index (χ1n) is 21.2. The Hall–Kier alpha value is -8.61. The van der Waals surface area contributed by atoms with Gasteiger partial charge >= 0.3 is 0 Å². The first-order valence-corrected chi connectivity index (χ1v) is 21.2. The van der Waals surface area contributed by atoms with Gasteiger partial charge in [0.2, 0.25) is 0 Å². The number of rotatable bonds is 6. The van der Waals surface area contributed by atoms with Gasteiger partial charge in [-0.25, -0.2) is 15.0 Å². The van der Waals surface area contributed by atoms with Crippen LogP contribution < -0.4 is 0 Å². The first-order chi connectivity index (χ1) is 31.3. The van der Waals surface area contributed by atoms with Gasteiger partial charge in [-0.1, -0.05) is 152 Å². The van der Waals surface area contributed by atoms with Gasteiger partial charge in [-0.3, -0.25) is 0 Å². The van der Waals surface area contributed by atoms with Crippen molar-refractivity contribution in [2.75, 3.05) is 0 Å². The van der Waals surface area contributed by atoms with Crippen molar-refractivity contribution < 1.29 is 4.42 Å². The van der Waals surface area contributed by atoms with E-state index in [-0.39, 0.29) is 0 Å². The summed E-state index contributed by atoms with van der Waals surface area (Å²) in [5, 5.41) is 6.84. The van der Waals surface area contributed by atoms with Crippen LogP contribution in [0.5, 0.6) is 0 Å². The number of benzene rings is 9. The van der Waals surface area contributed by atoms with Crippen LogP contribution in [-0.2, 0) is 0 Å². The third kappa shape index (κ3) is 5.48. The Morgan fingerprint density at radius 1 is 0.317 bits per heavy atom. The Balaban J connectivity index is 1.13. The molecule has 0 N–H and O–H groups in total. The Morgan fingerprint density at radius 2 is 0.810 bits per heavy atom. The number of hydrogen-bond acceptors (Lipinski definition) is 4. The Labute approximate surface area is 361 Å². The lowest BCUT2D eigenvalue weighted by Crippen LogP contribution is -2.03. The molecule has 4 heterocycles. The third-order valence-corrected chi connectivity index (χ3v) is 12.4. The van der Waals surface area contributed by atoms with E-state index in [1.54, 1.807) is 0 Å². The van der Waals surface area contributed by atoms with Gasteiger partial charge in [0.1, 0.15) is 11.2 Å². The molecule has 13 aromatic rings. The van der Waals surface area contributed by atoms with Crippen molar-refractivity contribution in [2.45, 2.75) is 0 Å². The molecule has 0 unspecified atom stereocenters. The van der Waals surface area contributed by atoms with Crippen LogP contribution >= 0.6 is 0 Å². The SMILES string of the molecule is c1ccc(-c2nc(-c3ccccc3)nc(-c3ccc(-n4c5ccccc5c5c6oc7ccccc7c6ccc54)c(-c4ccccc4-n4c5ccccc5c5ccccc54)c3)n2)cc1. The zero-order valence-electron chi connectivity index (χ0n) is 33.9. The van der Waals surface area contributed by atoms with E-state index in [2.05, 4.69) is 155 Å². The first kappa shape index (κ1) is 35.2. The number of hydrogen-bond donors (Lipinski definition) is 0. The predicted octanol–water partition coefficient (Wildman–Crippen LogP) is 14.6. The highest BCUT2D eigenvalue weighted by Crippen LogP contribution is 2.44. The minimum Gasteiger partial charge on any atom is -0.455 e. The van der Waals surface area contributed by atoms with Gasteiger partial charge in [0, 0.05) is 54.7 Å². The topological polar surface area (TPSA) is 61.7 Å². The van der Waals surface area contributed by atoms with E-state index in [1.807, 2.05) is 66.7 Å². The molecule has 0 amide bonds. The van der Waals surface area contributed by atoms with Crippen molar-refractivity contribution in [3.8, 4) is 56.7 Å². The molecule has 13 rings (SSSR count). The molecule has 0 aliphatic rings. The van der Waals surface area contributed by atoms with Crippen LogP contribution in [-0.4, -0.2) is 24.1 Å². The molecule has 0 saturated heterocycles. The highest BCUT2D eigenvalue weighted by Gasteiger charge is 2.24. The van der Waals surface area contributed by atoms with Gasteiger partial charge in [0.05, 0.1) is 38.8 Å². The lowest BCUT2D eigenvalue weighted by atomic mass is 9.98. The van der Waals surface area contributed by atoms with Crippen LogP contribution in [0.1, 0.15) is 0 Å². The number of fused-ring (bicyclic) bond motifs is 10. The molecule has 0 aliphatic heterocycles. The number of furan rings is 1. The second kappa shape index (κ2) is 14.0. The minimum absolute atomic E-state index is 0.594. The fourth-order valence-electron chi connectivity index (χ4n) is 9.60. The van der Waals surface area contributed by atoms with E-state index < -0.39 is 0 Å². The summed E-state index contributed by atoms with van der Waals surface area (Å²) in [4.78, 5) is 15.4. The van der Waals surface area contributed by atoms with Crippen LogP contribution in [0.4, 0.5) is 0 Å². The molecule has 9 aromatic carbocycles. The van der Waals surface area contributed by atoms with Crippen molar-refractivity contribution in [1.29, 1.82) is 0 Å². The number of nitrogens with zero attached hydrogens (tertiary/aromatic N) is 5. The molecule has 4 aromatic heterocycles. The zero-order valence-corrected chi connectivity index (χ0v) is 33.9. The molecule has 0 spiro atoms. The van der Waals surface area contributed by atoms with Gasteiger partial charge in [0.25, 0.3) is 0 Å².